The van der Waals surface area contributed by atoms with Gasteiger partial charge >= 0.3 is 0 Å². The molecule has 1 saturated heterocycles. The Morgan fingerprint density at radius 2 is 2.56 bits per heavy atom. The second-order valence-electron chi connectivity index (χ2n) is 4.53. The van der Waals surface area contributed by atoms with Gasteiger partial charge in [0.25, 0.3) is 0 Å². The molecule has 0 radical (unpaired) electrons. The number of thiophene rings is 1. The lowest BCUT2D eigenvalue weighted by molar-refractivity contribution is 0.0560. The van der Waals surface area contributed by atoms with Crippen LogP contribution in [0, 0.1) is 5.92 Å². The van der Waals surface area contributed by atoms with Gasteiger partial charge < -0.3 is 10.1 Å². The summed E-state index contributed by atoms with van der Waals surface area (Å²) in [4.78, 5) is 1.33. The molecule has 2 heterocycles. The van der Waals surface area contributed by atoms with Crippen molar-refractivity contribution < 1.29 is 4.74 Å². The van der Waals surface area contributed by atoms with E-state index in [4.69, 9.17) is 4.74 Å². The Labute approximate surface area is 102 Å². The molecule has 2 nitrogen and oxygen atoms in total. The molecule has 16 heavy (non-hydrogen) atoms. The summed E-state index contributed by atoms with van der Waals surface area (Å²) in [5.74, 6) is 0.823. The molecule has 0 spiro atoms. The van der Waals surface area contributed by atoms with Crippen molar-refractivity contribution in [2.24, 2.45) is 5.92 Å². The van der Waals surface area contributed by atoms with Crippen molar-refractivity contribution in [1.29, 1.82) is 0 Å². The Balaban J connectivity index is 1.63. The molecule has 1 aromatic heterocycles. The van der Waals surface area contributed by atoms with E-state index >= 15 is 0 Å². The molecule has 0 aliphatic carbocycles. The molecule has 0 bridgehead atoms. The van der Waals surface area contributed by atoms with Gasteiger partial charge in [0.15, 0.2) is 0 Å². The maximum absolute atomic E-state index is 5.87. The zero-order valence-electron chi connectivity index (χ0n) is 9.95. The summed E-state index contributed by atoms with van der Waals surface area (Å²) in [6.07, 6.45) is 4.15. The van der Waals surface area contributed by atoms with Crippen molar-refractivity contribution >= 4 is 11.3 Å². The van der Waals surface area contributed by atoms with Gasteiger partial charge in [-0.05, 0) is 56.6 Å². The van der Waals surface area contributed by atoms with Gasteiger partial charge in [-0.15, -0.1) is 11.3 Å². The van der Waals surface area contributed by atoms with Crippen LogP contribution in [0.2, 0.25) is 0 Å². The third kappa shape index (κ3) is 3.58. The minimum absolute atomic E-state index is 0.261. The average molecular weight is 239 g/mol. The molecule has 2 atom stereocenters. The fourth-order valence-electron chi connectivity index (χ4n) is 2.19. The molecule has 3 heteroatoms. The van der Waals surface area contributed by atoms with Crippen molar-refractivity contribution in [3.63, 3.8) is 0 Å². The molecule has 0 amide bonds. The van der Waals surface area contributed by atoms with Crippen molar-refractivity contribution in [2.45, 2.75) is 32.3 Å². The summed E-state index contributed by atoms with van der Waals surface area (Å²) in [5, 5.41) is 5.56. The third-order valence-corrected chi connectivity index (χ3v) is 4.27. The van der Waals surface area contributed by atoms with E-state index in [0.29, 0.717) is 0 Å². The molecule has 1 aliphatic heterocycles. The van der Waals surface area contributed by atoms with Crippen LogP contribution in [0.25, 0.3) is 0 Å². The highest BCUT2D eigenvalue weighted by atomic mass is 32.1. The van der Waals surface area contributed by atoms with Gasteiger partial charge in [0.1, 0.15) is 0 Å². The van der Waals surface area contributed by atoms with E-state index in [9.17, 15) is 0 Å². The topological polar surface area (TPSA) is 21.3 Å². The second kappa shape index (κ2) is 6.38. The summed E-state index contributed by atoms with van der Waals surface area (Å²) in [6, 6.07) is 4.24. The highest BCUT2D eigenvalue weighted by Gasteiger charge is 2.13. The van der Waals surface area contributed by atoms with Crippen molar-refractivity contribution in [3.8, 4) is 0 Å². The van der Waals surface area contributed by atoms with Gasteiger partial charge in [-0.25, -0.2) is 0 Å². The predicted octanol–water partition coefficient (Wildman–Crippen LogP) is 3.22. The molecule has 1 fully saturated rings. The normalized spacial score (nSPS) is 23.2. The predicted molar refractivity (Wildman–Crippen MR) is 68.9 cm³/mol. The van der Waals surface area contributed by atoms with Crippen LogP contribution in [0.15, 0.2) is 17.5 Å². The lowest BCUT2D eigenvalue weighted by Gasteiger charge is -2.23. The standard InChI is InChI=1S/C13H21NOS/c1-11(13-5-3-9-16-13)15-8-6-12-4-2-7-14-10-12/h3,5,9,11-12,14H,2,4,6-8,10H2,1H3/t11-,12-/m1/s1. The Kier molecular flexibility index (Phi) is 4.82. The molecule has 1 aliphatic rings. The lowest BCUT2D eigenvalue weighted by Crippen LogP contribution is -2.30. The van der Waals surface area contributed by atoms with E-state index in [1.165, 1.54) is 37.2 Å². The molecule has 0 aromatic carbocycles. The maximum Gasteiger partial charge on any atom is 0.0888 e. The first-order chi connectivity index (χ1) is 7.86. The first-order valence-electron chi connectivity index (χ1n) is 6.22. The summed E-state index contributed by atoms with van der Waals surface area (Å²) < 4.78 is 5.87. The van der Waals surface area contributed by atoms with Gasteiger partial charge in [-0.2, -0.15) is 0 Å². The van der Waals surface area contributed by atoms with Crippen molar-refractivity contribution in [3.05, 3.63) is 22.4 Å². The zero-order valence-corrected chi connectivity index (χ0v) is 10.8. The molecular formula is C13H21NOS. The van der Waals surface area contributed by atoms with E-state index in [0.717, 1.165) is 12.5 Å². The van der Waals surface area contributed by atoms with Crippen LogP contribution >= 0.6 is 11.3 Å². The highest BCUT2D eigenvalue weighted by molar-refractivity contribution is 7.10. The number of ether oxygens (including phenoxy) is 1. The molecule has 1 aromatic rings. The average Bonchev–Trinajstić information content (AvgIpc) is 2.84. The molecule has 90 valence electrons. The van der Waals surface area contributed by atoms with Crippen LogP contribution in [-0.2, 0) is 4.74 Å². The smallest absolute Gasteiger partial charge is 0.0888 e. The van der Waals surface area contributed by atoms with E-state index in [1.54, 1.807) is 11.3 Å². The zero-order chi connectivity index (χ0) is 11.2. The van der Waals surface area contributed by atoms with Crippen LogP contribution in [0.5, 0.6) is 0 Å². The van der Waals surface area contributed by atoms with Gasteiger partial charge in [-0.3, -0.25) is 0 Å². The fraction of sp³-hybridized carbons (Fsp3) is 0.692. The van der Waals surface area contributed by atoms with Gasteiger partial charge in [0.05, 0.1) is 6.10 Å². The van der Waals surface area contributed by atoms with E-state index < -0.39 is 0 Å². The molecule has 0 saturated carbocycles. The highest BCUT2D eigenvalue weighted by Crippen LogP contribution is 2.23. The quantitative estimate of drug-likeness (QED) is 0.852. The Hall–Kier alpha value is -0.380. The summed E-state index contributed by atoms with van der Waals surface area (Å²) >= 11 is 1.78. The van der Waals surface area contributed by atoms with E-state index in [1.807, 2.05) is 0 Å². The second-order valence-corrected chi connectivity index (χ2v) is 5.51. The minimum Gasteiger partial charge on any atom is -0.373 e. The molecule has 0 unspecified atom stereocenters. The maximum atomic E-state index is 5.87. The van der Waals surface area contributed by atoms with Gasteiger partial charge in [0.2, 0.25) is 0 Å². The monoisotopic (exact) mass is 239 g/mol. The van der Waals surface area contributed by atoms with Crippen molar-refractivity contribution in [2.75, 3.05) is 19.7 Å². The Morgan fingerprint density at radius 1 is 1.62 bits per heavy atom. The number of piperidine rings is 1. The van der Waals surface area contributed by atoms with E-state index in [2.05, 4.69) is 29.8 Å². The lowest BCUT2D eigenvalue weighted by atomic mass is 9.97. The number of hydrogen-bond acceptors (Lipinski definition) is 3. The fourth-order valence-corrected chi connectivity index (χ4v) is 2.92. The summed E-state index contributed by atoms with van der Waals surface area (Å²) in [7, 11) is 0. The first kappa shape index (κ1) is 12.1. The molecule has 2 rings (SSSR count). The van der Waals surface area contributed by atoms with Crippen LogP contribution in [0.4, 0.5) is 0 Å². The number of nitrogens with one attached hydrogen (secondary N) is 1. The third-order valence-electron chi connectivity index (χ3n) is 3.24. The summed E-state index contributed by atoms with van der Waals surface area (Å²) in [5.41, 5.74) is 0. The number of rotatable bonds is 5. The number of hydrogen-bond donors (Lipinski definition) is 1. The minimum atomic E-state index is 0.261. The molecular weight excluding hydrogens is 218 g/mol. The van der Waals surface area contributed by atoms with Crippen LogP contribution in [0.3, 0.4) is 0 Å². The SMILES string of the molecule is C[C@@H](OCC[C@H]1CCCNC1)c1cccs1. The van der Waals surface area contributed by atoms with E-state index in [-0.39, 0.29) is 6.10 Å². The van der Waals surface area contributed by atoms with Crippen LogP contribution in [0.1, 0.15) is 37.2 Å². The largest absolute Gasteiger partial charge is 0.373 e. The molecule has 1 N–H and O–H groups in total. The van der Waals surface area contributed by atoms with Gasteiger partial charge in [-0.1, -0.05) is 6.07 Å². The first-order valence-corrected chi connectivity index (χ1v) is 7.10. The van der Waals surface area contributed by atoms with Crippen LogP contribution in [-0.4, -0.2) is 19.7 Å². The van der Waals surface area contributed by atoms with Gasteiger partial charge in [0, 0.05) is 11.5 Å². The Morgan fingerprint density at radius 3 is 3.25 bits per heavy atom. The summed E-state index contributed by atoms with van der Waals surface area (Å²) in [6.45, 7) is 5.41. The Bertz CT molecular complexity index is 280. The van der Waals surface area contributed by atoms with Crippen LogP contribution < -0.4 is 5.32 Å². The van der Waals surface area contributed by atoms with Crippen molar-refractivity contribution in [1.82, 2.24) is 5.32 Å².